The van der Waals surface area contributed by atoms with E-state index in [1.165, 1.54) is 15.6 Å². The highest BCUT2D eigenvalue weighted by molar-refractivity contribution is 7.19. The summed E-state index contributed by atoms with van der Waals surface area (Å²) in [6.45, 7) is 2.09. The quantitative estimate of drug-likeness (QED) is 0.758. The third-order valence-electron chi connectivity index (χ3n) is 3.32. The molecule has 0 bridgehead atoms. The molecule has 2 aromatic carbocycles. The minimum atomic E-state index is 0.0332. The van der Waals surface area contributed by atoms with Crippen LogP contribution < -0.4 is 5.32 Å². The first-order valence-corrected chi connectivity index (χ1v) is 7.37. The molecule has 20 heavy (non-hydrogen) atoms. The van der Waals surface area contributed by atoms with Crippen molar-refractivity contribution in [3.05, 3.63) is 65.0 Å². The summed E-state index contributed by atoms with van der Waals surface area (Å²) in [5.41, 5.74) is 2.06. The van der Waals surface area contributed by atoms with E-state index in [0.29, 0.717) is 6.42 Å². The highest BCUT2D eigenvalue weighted by Gasteiger charge is 2.11. The molecule has 0 saturated carbocycles. The summed E-state index contributed by atoms with van der Waals surface area (Å²) in [5.74, 6) is 0.0332. The van der Waals surface area contributed by atoms with Crippen LogP contribution in [0.1, 0.15) is 10.4 Å². The van der Waals surface area contributed by atoms with Gasteiger partial charge in [-0.1, -0.05) is 36.4 Å². The average Bonchev–Trinajstić information content (AvgIpc) is 2.77. The first-order chi connectivity index (χ1) is 9.74. The fourth-order valence-corrected chi connectivity index (χ4v) is 3.48. The molecule has 0 spiro atoms. The lowest BCUT2D eigenvalue weighted by molar-refractivity contribution is -0.115. The zero-order valence-electron chi connectivity index (χ0n) is 11.2. The minimum absolute atomic E-state index is 0.0332. The number of hydrogen-bond acceptors (Lipinski definition) is 2. The van der Waals surface area contributed by atoms with Gasteiger partial charge in [-0.25, -0.2) is 0 Å². The standard InChI is InChI=1S/C17H15NOS/c1-12-14-9-5-6-10-15(14)20-16(12)11-17(19)18-13-7-3-2-4-8-13/h2-10H,11H2,1H3,(H,18,19). The summed E-state index contributed by atoms with van der Waals surface area (Å²) < 4.78 is 1.24. The summed E-state index contributed by atoms with van der Waals surface area (Å²) in [6, 6.07) is 17.9. The number of aryl methyl sites for hydroxylation is 1. The lowest BCUT2D eigenvalue weighted by atomic mass is 10.1. The number of carbonyl (C=O) groups is 1. The van der Waals surface area contributed by atoms with E-state index in [1.54, 1.807) is 11.3 Å². The highest BCUT2D eigenvalue weighted by Crippen LogP contribution is 2.30. The molecule has 3 rings (SSSR count). The van der Waals surface area contributed by atoms with Crippen LogP contribution in [0.2, 0.25) is 0 Å². The molecule has 2 nitrogen and oxygen atoms in total. The van der Waals surface area contributed by atoms with Gasteiger partial charge in [0, 0.05) is 15.3 Å². The molecule has 0 aliphatic rings. The molecular formula is C17H15NOS. The van der Waals surface area contributed by atoms with Crippen LogP contribution in [0, 0.1) is 6.92 Å². The Kier molecular flexibility index (Phi) is 3.52. The summed E-state index contributed by atoms with van der Waals surface area (Å²) in [4.78, 5) is 13.2. The van der Waals surface area contributed by atoms with Crippen molar-refractivity contribution >= 4 is 33.0 Å². The number of fused-ring (bicyclic) bond motifs is 1. The number of hydrogen-bond donors (Lipinski definition) is 1. The molecule has 3 heteroatoms. The van der Waals surface area contributed by atoms with Gasteiger partial charge in [0.1, 0.15) is 0 Å². The zero-order chi connectivity index (χ0) is 13.9. The Labute approximate surface area is 122 Å². The number of rotatable bonds is 3. The topological polar surface area (TPSA) is 29.1 Å². The molecule has 0 atom stereocenters. The second kappa shape index (κ2) is 5.47. The summed E-state index contributed by atoms with van der Waals surface area (Å²) in [5, 5.41) is 4.18. The van der Waals surface area contributed by atoms with E-state index in [9.17, 15) is 4.79 Å². The van der Waals surface area contributed by atoms with Crippen molar-refractivity contribution in [3.63, 3.8) is 0 Å². The zero-order valence-corrected chi connectivity index (χ0v) is 12.0. The first-order valence-electron chi connectivity index (χ1n) is 6.56. The summed E-state index contributed by atoms with van der Waals surface area (Å²) >= 11 is 1.70. The van der Waals surface area contributed by atoms with Crippen molar-refractivity contribution in [2.24, 2.45) is 0 Å². The van der Waals surface area contributed by atoms with Gasteiger partial charge in [-0.2, -0.15) is 0 Å². The van der Waals surface area contributed by atoms with Crippen LogP contribution in [0.4, 0.5) is 5.69 Å². The molecule has 1 heterocycles. The van der Waals surface area contributed by atoms with E-state index in [-0.39, 0.29) is 5.91 Å². The Morgan fingerprint density at radius 2 is 1.75 bits per heavy atom. The molecule has 100 valence electrons. The lowest BCUT2D eigenvalue weighted by Gasteiger charge is -2.04. The highest BCUT2D eigenvalue weighted by atomic mass is 32.1. The molecule has 0 aliphatic heterocycles. The largest absolute Gasteiger partial charge is 0.326 e. The molecule has 0 saturated heterocycles. The van der Waals surface area contributed by atoms with Crippen LogP contribution in [0.5, 0.6) is 0 Å². The number of para-hydroxylation sites is 1. The number of amides is 1. The Hall–Kier alpha value is -2.13. The number of carbonyl (C=O) groups excluding carboxylic acids is 1. The van der Waals surface area contributed by atoms with Gasteiger partial charge < -0.3 is 5.32 Å². The van der Waals surface area contributed by atoms with Gasteiger partial charge in [-0.05, 0) is 36.1 Å². The average molecular weight is 281 g/mol. The monoisotopic (exact) mass is 281 g/mol. The van der Waals surface area contributed by atoms with Gasteiger partial charge in [-0.3, -0.25) is 4.79 Å². The lowest BCUT2D eigenvalue weighted by Crippen LogP contribution is -2.13. The summed E-state index contributed by atoms with van der Waals surface area (Å²) in [7, 11) is 0. The van der Waals surface area contributed by atoms with E-state index in [1.807, 2.05) is 42.5 Å². The normalized spacial score (nSPS) is 10.7. The number of anilines is 1. The van der Waals surface area contributed by atoms with Crippen LogP contribution in [0.15, 0.2) is 54.6 Å². The van der Waals surface area contributed by atoms with Gasteiger partial charge in [-0.15, -0.1) is 11.3 Å². The van der Waals surface area contributed by atoms with Gasteiger partial charge in [0.25, 0.3) is 0 Å². The maximum absolute atomic E-state index is 12.1. The van der Waals surface area contributed by atoms with Crippen molar-refractivity contribution in [3.8, 4) is 0 Å². The molecule has 1 aromatic heterocycles. The van der Waals surface area contributed by atoms with Crippen LogP contribution in [-0.4, -0.2) is 5.91 Å². The Balaban J connectivity index is 1.79. The van der Waals surface area contributed by atoms with Crippen molar-refractivity contribution in [2.75, 3.05) is 5.32 Å². The van der Waals surface area contributed by atoms with E-state index >= 15 is 0 Å². The predicted molar refractivity (Wildman–Crippen MR) is 85.3 cm³/mol. The molecule has 0 fully saturated rings. The van der Waals surface area contributed by atoms with Crippen molar-refractivity contribution in [1.82, 2.24) is 0 Å². The van der Waals surface area contributed by atoms with E-state index in [2.05, 4.69) is 24.4 Å². The number of nitrogens with one attached hydrogen (secondary N) is 1. The second-order valence-electron chi connectivity index (χ2n) is 4.74. The van der Waals surface area contributed by atoms with Gasteiger partial charge in [0.2, 0.25) is 5.91 Å². The molecular weight excluding hydrogens is 266 g/mol. The molecule has 3 aromatic rings. The van der Waals surface area contributed by atoms with Crippen molar-refractivity contribution < 1.29 is 4.79 Å². The third-order valence-corrected chi connectivity index (χ3v) is 4.59. The fraction of sp³-hybridized carbons (Fsp3) is 0.118. The van der Waals surface area contributed by atoms with Crippen LogP contribution >= 0.6 is 11.3 Å². The third kappa shape index (κ3) is 2.58. The molecule has 1 amide bonds. The SMILES string of the molecule is Cc1c(CC(=O)Nc2ccccc2)sc2ccccc12. The van der Waals surface area contributed by atoms with Crippen molar-refractivity contribution in [1.29, 1.82) is 0 Å². The van der Waals surface area contributed by atoms with Crippen LogP contribution in [-0.2, 0) is 11.2 Å². The van der Waals surface area contributed by atoms with E-state index in [0.717, 1.165) is 10.6 Å². The number of thiophene rings is 1. The Morgan fingerprint density at radius 3 is 2.50 bits per heavy atom. The van der Waals surface area contributed by atoms with E-state index in [4.69, 9.17) is 0 Å². The van der Waals surface area contributed by atoms with Crippen LogP contribution in [0.25, 0.3) is 10.1 Å². The maximum Gasteiger partial charge on any atom is 0.229 e. The van der Waals surface area contributed by atoms with Gasteiger partial charge >= 0.3 is 0 Å². The van der Waals surface area contributed by atoms with E-state index < -0.39 is 0 Å². The fourth-order valence-electron chi connectivity index (χ4n) is 2.27. The molecule has 0 aliphatic carbocycles. The van der Waals surface area contributed by atoms with Crippen molar-refractivity contribution in [2.45, 2.75) is 13.3 Å². The summed E-state index contributed by atoms with van der Waals surface area (Å²) in [6.07, 6.45) is 0.431. The smallest absolute Gasteiger partial charge is 0.229 e. The minimum Gasteiger partial charge on any atom is -0.326 e. The predicted octanol–water partition coefficient (Wildman–Crippen LogP) is 4.39. The molecule has 0 unspecified atom stereocenters. The van der Waals surface area contributed by atoms with Gasteiger partial charge in [0.05, 0.1) is 6.42 Å². The number of benzene rings is 2. The molecule has 0 radical (unpaired) electrons. The maximum atomic E-state index is 12.1. The second-order valence-corrected chi connectivity index (χ2v) is 5.87. The Morgan fingerprint density at radius 1 is 1.05 bits per heavy atom. The first kappa shape index (κ1) is 12.9. The van der Waals surface area contributed by atoms with Gasteiger partial charge in [0.15, 0.2) is 0 Å². The Bertz CT molecular complexity index is 746. The molecule has 1 N–H and O–H groups in total. The van der Waals surface area contributed by atoms with Crippen LogP contribution in [0.3, 0.4) is 0 Å².